The van der Waals surface area contributed by atoms with Crippen molar-refractivity contribution in [3.05, 3.63) is 71.9 Å². The first-order valence-electron chi connectivity index (χ1n) is 13.5. The summed E-state index contributed by atoms with van der Waals surface area (Å²) in [4.78, 5) is 36.6. The molecule has 1 aliphatic heterocycles. The van der Waals surface area contributed by atoms with Crippen molar-refractivity contribution in [1.29, 1.82) is 0 Å². The van der Waals surface area contributed by atoms with E-state index >= 15 is 0 Å². The van der Waals surface area contributed by atoms with Gasteiger partial charge >= 0.3 is 5.97 Å². The van der Waals surface area contributed by atoms with Gasteiger partial charge in [-0.3, -0.25) is 9.59 Å². The molecule has 0 radical (unpaired) electrons. The third-order valence-electron chi connectivity index (χ3n) is 6.61. The van der Waals surface area contributed by atoms with Crippen LogP contribution in [0.15, 0.2) is 66.3 Å². The highest BCUT2D eigenvalue weighted by atomic mass is 16.5. The monoisotopic (exact) mass is 554 g/mol. The van der Waals surface area contributed by atoms with Crippen LogP contribution in [0.1, 0.15) is 52.5 Å². The van der Waals surface area contributed by atoms with Crippen molar-refractivity contribution in [3.63, 3.8) is 0 Å². The number of rotatable bonds is 4. The third kappa shape index (κ3) is 11.2. The molecule has 40 heavy (non-hydrogen) atoms. The van der Waals surface area contributed by atoms with Crippen molar-refractivity contribution >= 4 is 23.5 Å². The zero-order valence-corrected chi connectivity index (χ0v) is 23.9. The first-order valence-corrected chi connectivity index (χ1v) is 13.5. The molecule has 5 atom stereocenters. The average molecular weight is 555 g/mol. The molecule has 1 heterocycles. The summed E-state index contributed by atoms with van der Waals surface area (Å²) in [5.41, 5.74) is 2.04. The van der Waals surface area contributed by atoms with Crippen LogP contribution in [0.3, 0.4) is 0 Å². The summed E-state index contributed by atoms with van der Waals surface area (Å²) in [6.45, 7) is 6.52. The minimum Gasteiger partial charge on any atom is -0.508 e. The number of hydrogen-bond acceptors (Lipinski definition) is 7. The van der Waals surface area contributed by atoms with E-state index in [0.717, 1.165) is 11.1 Å². The van der Waals surface area contributed by atoms with E-state index < -0.39 is 36.2 Å². The molecule has 9 heteroatoms. The van der Waals surface area contributed by atoms with E-state index in [4.69, 9.17) is 9.47 Å². The van der Waals surface area contributed by atoms with Crippen LogP contribution >= 0.6 is 0 Å². The fourth-order valence-corrected chi connectivity index (χ4v) is 4.31. The molecule has 2 amide bonds. The first kappa shape index (κ1) is 32.5. The molecule has 1 aliphatic rings. The molecular formula is C31H42N2O7. The van der Waals surface area contributed by atoms with Crippen molar-refractivity contribution in [2.45, 2.75) is 77.7 Å². The quantitative estimate of drug-likeness (QED) is 0.325. The predicted octanol–water partition coefficient (Wildman–Crippen LogP) is 4.12. The largest absolute Gasteiger partial charge is 0.508 e. The Labute approximate surface area is 236 Å². The maximum Gasteiger partial charge on any atom is 0.328 e. The van der Waals surface area contributed by atoms with E-state index in [2.05, 4.69) is 10.6 Å². The van der Waals surface area contributed by atoms with Crippen LogP contribution in [-0.2, 0) is 30.3 Å². The number of ether oxygens (including phenoxy) is 2. The van der Waals surface area contributed by atoms with Gasteiger partial charge in [0.2, 0.25) is 11.8 Å². The van der Waals surface area contributed by atoms with Gasteiger partial charge in [-0.15, -0.1) is 0 Å². The number of allylic oxidation sites excluding steroid dienone is 5. The van der Waals surface area contributed by atoms with E-state index in [1.165, 1.54) is 20.1 Å². The number of phenolic OH excluding ortho intramolecular Hbond substituents is 1. The van der Waals surface area contributed by atoms with Crippen LogP contribution in [0, 0.1) is 5.92 Å². The summed E-state index contributed by atoms with van der Waals surface area (Å²) in [6.07, 6.45) is 12.3. The number of amides is 2. The van der Waals surface area contributed by atoms with Crippen LogP contribution in [-0.4, -0.2) is 59.5 Å². The highest BCUT2D eigenvalue weighted by Crippen LogP contribution is 2.24. The van der Waals surface area contributed by atoms with Gasteiger partial charge in [-0.25, -0.2) is 4.79 Å². The minimum absolute atomic E-state index is 0.0412. The molecule has 0 saturated carbocycles. The van der Waals surface area contributed by atoms with Gasteiger partial charge in [-0.05, 0) is 50.0 Å². The molecule has 218 valence electrons. The van der Waals surface area contributed by atoms with Crippen LogP contribution in [0.5, 0.6) is 5.75 Å². The van der Waals surface area contributed by atoms with Crippen LogP contribution in [0.25, 0.3) is 0 Å². The van der Waals surface area contributed by atoms with E-state index in [9.17, 15) is 24.6 Å². The number of carbonyl (C=O) groups excluding carboxylic acids is 3. The molecular weight excluding hydrogens is 512 g/mol. The van der Waals surface area contributed by atoms with E-state index in [1.807, 2.05) is 26.0 Å². The zero-order chi connectivity index (χ0) is 29.7. The molecule has 0 aromatic heterocycles. The number of aliphatic hydroxyl groups is 1. The lowest BCUT2D eigenvalue weighted by atomic mass is 9.90. The van der Waals surface area contributed by atoms with E-state index in [1.54, 1.807) is 49.4 Å². The molecule has 1 aromatic rings. The predicted molar refractivity (Wildman–Crippen MR) is 155 cm³/mol. The highest BCUT2D eigenvalue weighted by molar-refractivity contribution is 5.91. The number of fused-ring (bicyclic) bond motifs is 2. The third-order valence-corrected chi connectivity index (χ3v) is 6.61. The second kappa shape index (κ2) is 16.4. The number of aryl methyl sites for hydroxylation is 1. The number of nitrogens with one attached hydrogen (secondary N) is 2. The Morgan fingerprint density at radius 2 is 1.88 bits per heavy atom. The van der Waals surface area contributed by atoms with Gasteiger partial charge in [0.15, 0.2) is 0 Å². The van der Waals surface area contributed by atoms with Crippen molar-refractivity contribution in [1.82, 2.24) is 5.32 Å². The lowest BCUT2D eigenvalue weighted by Gasteiger charge is -2.29. The molecule has 0 spiro atoms. The number of esters is 1. The van der Waals surface area contributed by atoms with Crippen molar-refractivity contribution in [2.24, 2.45) is 5.92 Å². The Bertz CT molecular complexity index is 1140. The van der Waals surface area contributed by atoms with Gasteiger partial charge in [-0.1, -0.05) is 49.5 Å². The number of hydrogen-bond donors (Lipinski definition) is 4. The summed E-state index contributed by atoms with van der Waals surface area (Å²) in [5, 5.41) is 26.6. The molecule has 9 nitrogen and oxygen atoms in total. The molecule has 0 saturated heterocycles. The van der Waals surface area contributed by atoms with Gasteiger partial charge in [-0.2, -0.15) is 0 Å². The molecule has 2 rings (SSSR count). The average Bonchev–Trinajstić information content (AvgIpc) is 2.88. The summed E-state index contributed by atoms with van der Waals surface area (Å²) in [7, 11) is 1.53. The maximum atomic E-state index is 12.7. The molecule has 0 unspecified atom stereocenters. The van der Waals surface area contributed by atoms with Gasteiger partial charge in [0.05, 0.1) is 18.6 Å². The van der Waals surface area contributed by atoms with Crippen LogP contribution in [0.2, 0.25) is 0 Å². The van der Waals surface area contributed by atoms with Gasteiger partial charge in [0.25, 0.3) is 0 Å². The van der Waals surface area contributed by atoms with Crippen LogP contribution < -0.4 is 10.6 Å². The Balaban J connectivity index is 2.33. The zero-order valence-electron chi connectivity index (χ0n) is 23.9. The van der Waals surface area contributed by atoms with Crippen molar-refractivity contribution < 1.29 is 34.1 Å². The van der Waals surface area contributed by atoms with Crippen molar-refractivity contribution in [2.75, 3.05) is 12.4 Å². The molecule has 4 N–H and O–H groups in total. The second-order valence-electron chi connectivity index (χ2n) is 10.0. The van der Waals surface area contributed by atoms with E-state index in [0.29, 0.717) is 24.9 Å². The Kier molecular flexibility index (Phi) is 13.4. The minimum atomic E-state index is -0.875. The number of methoxy groups -OCH3 is 1. The fourth-order valence-electron chi connectivity index (χ4n) is 4.31. The molecule has 2 bridgehead atoms. The standard InChI is InChI=1S/C31H42N2O7/c1-20-12-11-13-24-16-25(18-26(35)17-24)33-29(36)19-27(39-5)14-9-7-6-8-10-15-28(21(2)30(20)37)40-31(38)22(3)32-23(4)34/h6-10,12,14,16-18,21-22,27-28,30,35,37H,11,13,15,19H2,1-5H3,(H,32,34)(H,33,36)/t21-,22-,27-,28-,30-/m0/s1. The Morgan fingerprint density at radius 3 is 2.58 bits per heavy atom. The maximum absolute atomic E-state index is 12.7. The summed E-state index contributed by atoms with van der Waals surface area (Å²) >= 11 is 0. The first-order chi connectivity index (χ1) is 19.0. The fraction of sp³-hybridized carbons (Fsp3) is 0.452. The summed E-state index contributed by atoms with van der Waals surface area (Å²) < 4.78 is 11.1. The van der Waals surface area contributed by atoms with Gasteiger partial charge < -0.3 is 30.3 Å². The van der Waals surface area contributed by atoms with Gasteiger partial charge in [0.1, 0.15) is 17.9 Å². The highest BCUT2D eigenvalue weighted by Gasteiger charge is 2.29. The number of anilines is 1. The second-order valence-corrected chi connectivity index (χ2v) is 10.0. The lowest BCUT2D eigenvalue weighted by Crippen LogP contribution is -2.42. The number of benzene rings is 1. The number of carbonyl (C=O) groups is 3. The van der Waals surface area contributed by atoms with E-state index in [-0.39, 0.29) is 24.0 Å². The topological polar surface area (TPSA) is 134 Å². The SMILES string of the molecule is CO[C@H]1C=CC=CC=CC[C@H](OC(=O)[C@H](C)NC(C)=O)[C@H](C)[C@@H](O)C(C)=CCCc2cc(O)cc(c2)NC(=O)C1. The molecule has 1 aromatic carbocycles. The van der Waals surface area contributed by atoms with Gasteiger partial charge in [0, 0.05) is 38.1 Å². The molecule has 0 fully saturated rings. The Morgan fingerprint density at radius 1 is 1.15 bits per heavy atom. The summed E-state index contributed by atoms with van der Waals surface area (Å²) in [6, 6.07) is 4.11. The number of aromatic hydroxyl groups is 1. The smallest absolute Gasteiger partial charge is 0.328 e. The Hall–Kier alpha value is -3.69. The number of phenols is 1. The van der Waals surface area contributed by atoms with Crippen molar-refractivity contribution in [3.8, 4) is 5.75 Å². The normalized spacial score (nSPS) is 23.8. The lowest BCUT2D eigenvalue weighted by molar-refractivity contribution is -0.156. The van der Waals surface area contributed by atoms with Crippen LogP contribution in [0.4, 0.5) is 5.69 Å². The number of aliphatic hydroxyl groups excluding tert-OH is 1. The summed E-state index contributed by atoms with van der Waals surface area (Å²) in [5.74, 6) is -1.55. The molecule has 0 aliphatic carbocycles.